The third-order valence-corrected chi connectivity index (χ3v) is 6.00. The van der Waals surface area contributed by atoms with Gasteiger partial charge >= 0.3 is 0 Å². The van der Waals surface area contributed by atoms with Gasteiger partial charge in [0, 0.05) is 13.2 Å². The molecular formula is C17H20N2O. The highest BCUT2D eigenvalue weighted by Gasteiger charge is 2.49. The number of rotatable bonds is 1. The molecule has 4 bridgehead atoms. The molecule has 0 amide bonds. The van der Waals surface area contributed by atoms with Crippen molar-refractivity contribution in [3.63, 3.8) is 0 Å². The van der Waals surface area contributed by atoms with Gasteiger partial charge in [-0.05, 0) is 73.3 Å². The fraction of sp³-hybridized carbons (Fsp3) is 0.647. The van der Waals surface area contributed by atoms with E-state index >= 15 is 0 Å². The van der Waals surface area contributed by atoms with E-state index in [1.807, 2.05) is 12.3 Å². The smallest absolute Gasteiger partial charge is 0.268 e. The normalized spacial score (nSPS) is 37.9. The van der Waals surface area contributed by atoms with Gasteiger partial charge in [-0.25, -0.2) is 0 Å². The standard InChI is InChI=1S/C17H20N2O/c1-19-3-2-14(15(9-18)17(19)20)16-12-5-10-4-11(7-12)8-13(16)6-10/h2-3,10-13,16H,4-8H2,1H3. The highest BCUT2D eigenvalue weighted by molar-refractivity contribution is 5.39. The van der Waals surface area contributed by atoms with Crippen LogP contribution < -0.4 is 5.56 Å². The molecule has 4 saturated carbocycles. The Bertz CT molecular complexity index is 624. The zero-order chi connectivity index (χ0) is 13.9. The maximum absolute atomic E-state index is 12.2. The minimum absolute atomic E-state index is 0.126. The van der Waals surface area contributed by atoms with E-state index in [0.29, 0.717) is 23.3 Å². The van der Waals surface area contributed by atoms with Crippen molar-refractivity contribution in [3.8, 4) is 6.07 Å². The Morgan fingerprint density at radius 1 is 1.15 bits per heavy atom. The molecule has 0 unspecified atom stereocenters. The summed E-state index contributed by atoms with van der Waals surface area (Å²) in [6.45, 7) is 0. The third-order valence-electron chi connectivity index (χ3n) is 6.00. The first-order valence-electron chi connectivity index (χ1n) is 7.77. The number of nitrogens with zero attached hydrogens (tertiary/aromatic N) is 2. The van der Waals surface area contributed by atoms with Crippen LogP contribution >= 0.6 is 0 Å². The second kappa shape index (κ2) is 4.22. The number of hydrogen-bond acceptors (Lipinski definition) is 2. The summed E-state index contributed by atoms with van der Waals surface area (Å²) < 4.78 is 1.53. The molecular weight excluding hydrogens is 248 g/mol. The van der Waals surface area contributed by atoms with Gasteiger partial charge in [-0.1, -0.05) is 0 Å². The van der Waals surface area contributed by atoms with Crippen molar-refractivity contribution in [2.45, 2.75) is 38.0 Å². The lowest BCUT2D eigenvalue weighted by Crippen LogP contribution is -2.44. The summed E-state index contributed by atoms with van der Waals surface area (Å²) in [5, 5.41) is 9.42. The predicted octanol–water partition coefficient (Wildman–Crippen LogP) is 2.80. The molecule has 0 atom stereocenters. The number of aryl methyl sites for hydroxylation is 1. The Hall–Kier alpha value is -1.56. The number of hydrogen-bond donors (Lipinski definition) is 0. The van der Waals surface area contributed by atoms with Gasteiger partial charge in [0.2, 0.25) is 0 Å². The summed E-state index contributed by atoms with van der Waals surface area (Å²) in [5.41, 5.74) is 1.32. The van der Waals surface area contributed by atoms with Crippen LogP contribution in [0.1, 0.15) is 49.1 Å². The van der Waals surface area contributed by atoms with E-state index in [0.717, 1.165) is 17.4 Å². The van der Waals surface area contributed by atoms with Gasteiger partial charge < -0.3 is 4.57 Å². The van der Waals surface area contributed by atoms with Crippen LogP contribution in [0, 0.1) is 35.0 Å². The van der Waals surface area contributed by atoms with Crippen molar-refractivity contribution >= 4 is 0 Å². The summed E-state index contributed by atoms with van der Waals surface area (Å²) in [6.07, 6.45) is 8.54. The lowest BCUT2D eigenvalue weighted by atomic mass is 9.50. The summed E-state index contributed by atoms with van der Waals surface area (Å²) in [7, 11) is 1.73. The lowest BCUT2D eigenvalue weighted by Gasteiger charge is -2.54. The summed E-state index contributed by atoms with van der Waals surface area (Å²) in [5.74, 6) is 3.74. The van der Waals surface area contributed by atoms with Crippen LogP contribution in [-0.2, 0) is 7.05 Å². The molecule has 1 heterocycles. The first kappa shape index (κ1) is 12.2. The quantitative estimate of drug-likeness (QED) is 0.786. The maximum atomic E-state index is 12.2. The molecule has 1 aromatic rings. The molecule has 0 radical (unpaired) electrons. The highest BCUT2D eigenvalue weighted by atomic mass is 16.1. The van der Waals surface area contributed by atoms with Gasteiger partial charge in [0.25, 0.3) is 5.56 Å². The van der Waals surface area contributed by atoms with Crippen molar-refractivity contribution in [3.05, 3.63) is 33.7 Å². The van der Waals surface area contributed by atoms with E-state index in [-0.39, 0.29) is 5.56 Å². The molecule has 104 valence electrons. The van der Waals surface area contributed by atoms with Gasteiger partial charge in [0.05, 0.1) is 0 Å². The number of pyridine rings is 1. The summed E-state index contributed by atoms with van der Waals surface area (Å²) in [6, 6.07) is 4.21. The first-order chi connectivity index (χ1) is 9.67. The van der Waals surface area contributed by atoms with E-state index in [1.54, 1.807) is 7.05 Å². The molecule has 3 heteroatoms. The van der Waals surface area contributed by atoms with E-state index in [2.05, 4.69) is 6.07 Å². The Morgan fingerprint density at radius 3 is 2.30 bits per heavy atom. The van der Waals surface area contributed by atoms with Crippen LogP contribution in [0.3, 0.4) is 0 Å². The van der Waals surface area contributed by atoms with E-state index < -0.39 is 0 Å². The fourth-order valence-electron chi connectivity index (χ4n) is 5.47. The van der Waals surface area contributed by atoms with Crippen molar-refractivity contribution in [1.29, 1.82) is 5.26 Å². The summed E-state index contributed by atoms with van der Waals surface area (Å²) >= 11 is 0. The van der Waals surface area contributed by atoms with Gasteiger partial charge in [-0.2, -0.15) is 5.26 Å². The van der Waals surface area contributed by atoms with Crippen LogP contribution in [0.5, 0.6) is 0 Å². The van der Waals surface area contributed by atoms with Crippen LogP contribution in [0.2, 0.25) is 0 Å². The molecule has 3 nitrogen and oxygen atoms in total. The molecule has 4 aliphatic rings. The SMILES string of the molecule is Cn1ccc(C2C3CC4CC(C3)CC2C4)c(C#N)c1=O. The molecule has 0 spiro atoms. The zero-order valence-corrected chi connectivity index (χ0v) is 11.9. The lowest BCUT2D eigenvalue weighted by molar-refractivity contribution is -0.00294. The van der Waals surface area contributed by atoms with Crippen molar-refractivity contribution in [1.82, 2.24) is 4.57 Å². The Balaban J connectivity index is 1.81. The van der Waals surface area contributed by atoms with E-state index in [1.165, 1.54) is 36.7 Å². The molecule has 1 aromatic heterocycles. The average molecular weight is 268 g/mol. The molecule has 0 aromatic carbocycles. The second-order valence-corrected chi connectivity index (χ2v) is 7.13. The zero-order valence-electron chi connectivity index (χ0n) is 11.9. The third kappa shape index (κ3) is 1.60. The largest absolute Gasteiger partial charge is 0.317 e. The summed E-state index contributed by atoms with van der Waals surface area (Å²) in [4.78, 5) is 12.2. The minimum atomic E-state index is -0.126. The number of aromatic nitrogens is 1. The van der Waals surface area contributed by atoms with Crippen molar-refractivity contribution in [2.75, 3.05) is 0 Å². The van der Waals surface area contributed by atoms with Gasteiger partial charge in [-0.3, -0.25) is 4.79 Å². The predicted molar refractivity (Wildman–Crippen MR) is 76.2 cm³/mol. The van der Waals surface area contributed by atoms with E-state index in [4.69, 9.17) is 0 Å². The molecule has 4 aliphatic carbocycles. The van der Waals surface area contributed by atoms with Gasteiger partial charge in [0.1, 0.15) is 11.6 Å². The van der Waals surface area contributed by atoms with Crippen LogP contribution in [0.25, 0.3) is 0 Å². The first-order valence-corrected chi connectivity index (χ1v) is 7.77. The van der Waals surface area contributed by atoms with Crippen molar-refractivity contribution < 1.29 is 0 Å². The highest BCUT2D eigenvalue weighted by Crippen LogP contribution is 2.59. The van der Waals surface area contributed by atoms with Crippen LogP contribution in [0.15, 0.2) is 17.1 Å². The molecule has 0 aliphatic heterocycles. The Kier molecular flexibility index (Phi) is 2.57. The molecule has 20 heavy (non-hydrogen) atoms. The van der Waals surface area contributed by atoms with Crippen LogP contribution in [0.4, 0.5) is 0 Å². The number of nitriles is 1. The molecule has 0 saturated heterocycles. The topological polar surface area (TPSA) is 45.8 Å². The van der Waals surface area contributed by atoms with Crippen LogP contribution in [-0.4, -0.2) is 4.57 Å². The Labute approximate surface area is 119 Å². The van der Waals surface area contributed by atoms with Gasteiger partial charge in [0.15, 0.2) is 0 Å². The monoisotopic (exact) mass is 268 g/mol. The average Bonchev–Trinajstić information content (AvgIpc) is 2.41. The molecule has 4 fully saturated rings. The second-order valence-electron chi connectivity index (χ2n) is 7.13. The minimum Gasteiger partial charge on any atom is -0.317 e. The molecule has 0 N–H and O–H groups in total. The van der Waals surface area contributed by atoms with Crippen molar-refractivity contribution in [2.24, 2.45) is 30.7 Å². The molecule has 5 rings (SSSR count). The van der Waals surface area contributed by atoms with Gasteiger partial charge in [-0.15, -0.1) is 0 Å². The van der Waals surface area contributed by atoms with E-state index in [9.17, 15) is 10.1 Å². The Morgan fingerprint density at radius 2 is 1.75 bits per heavy atom. The fourth-order valence-corrected chi connectivity index (χ4v) is 5.47. The maximum Gasteiger partial charge on any atom is 0.268 e.